The summed E-state index contributed by atoms with van der Waals surface area (Å²) in [6.07, 6.45) is 6.89. The van der Waals surface area contributed by atoms with E-state index in [-0.39, 0.29) is 5.82 Å². The molecule has 0 aliphatic heterocycles. The third kappa shape index (κ3) is 4.12. The number of hydrogen-bond acceptors (Lipinski definition) is 2. The first-order chi connectivity index (χ1) is 10.6. The summed E-state index contributed by atoms with van der Waals surface area (Å²) in [7, 11) is 0. The van der Waals surface area contributed by atoms with Crippen LogP contribution in [0, 0.1) is 12.7 Å². The molecular weight excluding hydrogens is 277 g/mol. The van der Waals surface area contributed by atoms with Crippen molar-refractivity contribution in [2.75, 3.05) is 5.32 Å². The summed E-state index contributed by atoms with van der Waals surface area (Å²) in [6.45, 7) is 7.44. The minimum atomic E-state index is -0.255. The quantitative estimate of drug-likeness (QED) is 0.509. The van der Waals surface area contributed by atoms with Gasteiger partial charge in [0.05, 0.1) is 5.70 Å². The lowest BCUT2D eigenvalue weighted by Gasteiger charge is -2.09. The summed E-state index contributed by atoms with van der Waals surface area (Å²) in [4.78, 5) is 8.55. The Balaban J connectivity index is 2.30. The number of rotatable bonds is 4. The largest absolute Gasteiger partial charge is 0.344 e. The van der Waals surface area contributed by atoms with Crippen molar-refractivity contribution in [3.63, 3.8) is 0 Å². The summed E-state index contributed by atoms with van der Waals surface area (Å²) < 4.78 is 13.3. The fourth-order valence-corrected chi connectivity index (χ4v) is 2.07. The average Bonchev–Trinajstić information content (AvgIpc) is 2.48. The molecular formula is C18H18FN3. The van der Waals surface area contributed by atoms with Crippen molar-refractivity contribution in [3.8, 4) is 0 Å². The average molecular weight is 295 g/mol. The van der Waals surface area contributed by atoms with Crippen LogP contribution in [0.3, 0.4) is 0 Å². The van der Waals surface area contributed by atoms with E-state index in [1.54, 1.807) is 30.6 Å². The topological polar surface area (TPSA) is 37.3 Å². The smallest absolute Gasteiger partial charge is 0.123 e. The Kier molecular flexibility index (Phi) is 5.20. The number of nitrogens with one attached hydrogen (secondary N) is 1. The summed E-state index contributed by atoms with van der Waals surface area (Å²) >= 11 is 0. The number of pyridine rings is 1. The van der Waals surface area contributed by atoms with Gasteiger partial charge in [0.1, 0.15) is 11.7 Å². The molecule has 0 unspecified atom stereocenters. The molecule has 0 saturated heterocycles. The van der Waals surface area contributed by atoms with Crippen LogP contribution >= 0.6 is 0 Å². The van der Waals surface area contributed by atoms with Crippen LogP contribution in [0.1, 0.15) is 18.1 Å². The van der Waals surface area contributed by atoms with Gasteiger partial charge in [-0.3, -0.25) is 4.98 Å². The van der Waals surface area contributed by atoms with Gasteiger partial charge < -0.3 is 5.32 Å². The number of hydrogen-bond donors (Lipinski definition) is 1. The molecule has 1 aromatic carbocycles. The van der Waals surface area contributed by atoms with Gasteiger partial charge in [-0.2, -0.15) is 0 Å². The normalized spacial score (nSPS) is 12.1. The van der Waals surface area contributed by atoms with Crippen molar-refractivity contribution >= 4 is 17.2 Å². The molecule has 0 fully saturated rings. The predicted octanol–water partition coefficient (Wildman–Crippen LogP) is 4.59. The number of nitrogens with zero attached hydrogens (tertiary/aromatic N) is 2. The summed E-state index contributed by atoms with van der Waals surface area (Å²) in [5.74, 6) is 0.470. The van der Waals surface area contributed by atoms with Gasteiger partial charge in [0.2, 0.25) is 0 Å². The van der Waals surface area contributed by atoms with Crippen LogP contribution < -0.4 is 5.32 Å². The Labute approximate surface area is 129 Å². The van der Waals surface area contributed by atoms with Crippen molar-refractivity contribution < 1.29 is 4.39 Å². The van der Waals surface area contributed by atoms with Crippen molar-refractivity contribution in [3.05, 3.63) is 78.4 Å². The van der Waals surface area contributed by atoms with Gasteiger partial charge >= 0.3 is 0 Å². The Bertz CT molecular complexity index is 718. The van der Waals surface area contributed by atoms with Crippen molar-refractivity contribution in [1.82, 2.24) is 4.98 Å². The molecule has 0 bridgehead atoms. The summed E-state index contributed by atoms with van der Waals surface area (Å²) in [6, 6.07) is 8.37. The number of anilines is 1. The Hall–Kier alpha value is -2.75. The lowest BCUT2D eigenvalue weighted by atomic mass is 10.1. The molecule has 3 nitrogen and oxygen atoms in total. The number of aliphatic imine (C=N–C) groups is 1. The van der Waals surface area contributed by atoms with E-state index in [0.717, 1.165) is 28.3 Å². The molecule has 0 atom stereocenters. The van der Waals surface area contributed by atoms with Crippen LogP contribution in [-0.2, 0) is 0 Å². The van der Waals surface area contributed by atoms with E-state index in [4.69, 9.17) is 0 Å². The number of benzene rings is 1. The molecule has 2 aromatic rings. The third-order valence-corrected chi connectivity index (χ3v) is 3.03. The highest BCUT2D eigenvalue weighted by molar-refractivity contribution is 5.97. The Morgan fingerprint density at radius 2 is 2.00 bits per heavy atom. The van der Waals surface area contributed by atoms with Crippen LogP contribution in [0.2, 0.25) is 0 Å². The maximum absolute atomic E-state index is 13.3. The minimum Gasteiger partial charge on any atom is -0.344 e. The first-order valence-corrected chi connectivity index (χ1v) is 6.91. The fraction of sp³-hybridized carbons (Fsp3) is 0.111. The molecule has 1 N–H and O–H groups in total. The number of aryl methyl sites for hydroxylation is 1. The molecule has 0 aliphatic carbocycles. The molecule has 22 heavy (non-hydrogen) atoms. The fourth-order valence-electron chi connectivity index (χ4n) is 2.07. The van der Waals surface area contributed by atoms with E-state index in [0.29, 0.717) is 0 Å². The zero-order valence-corrected chi connectivity index (χ0v) is 12.7. The first-order valence-electron chi connectivity index (χ1n) is 6.91. The number of allylic oxidation sites excluding steroid dienone is 2. The zero-order chi connectivity index (χ0) is 15.9. The van der Waals surface area contributed by atoms with E-state index in [9.17, 15) is 4.39 Å². The van der Waals surface area contributed by atoms with Gasteiger partial charge in [-0.1, -0.05) is 12.7 Å². The Morgan fingerprint density at radius 1 is 1.27 bits per heavy atom. The number of amidine groups is 1. The lowest BCUT2D eigenvalue weighted by molar-refractivity contribution is 0.626. The molecule has 4 heteroatoms. The lowest BCUT2D eigenvalue weighted by Crippen LogP contribution is -2.07. The number of halogens is 1. The van der Waals surface area contributed by atoms with Crippen LogP contribution in [0.25, 0.3) is 5.70 Å². The molecule has 0 saturated carbocycles. The zero-order valence-electron chi connectivity index (χ0n) is 12.7. The van der Waals surface area contributed by atoms with Crippen LogP contribution in [-0.4, -0.2) is 10.8 Å². The second-order valence-electron chi connectivity index (χ2n) is 4.80. The predicted molar refractivity (Wildman–Crippen MR) is 90.3 cm³/mol. The van der Waals surface area contributed by atoms with Gasteiger partial charge in [-0.15, -0.1) is 0 Å². The maximum Gasteiger partial charge on any atom is 0.123 e. The molecule has 2 rings (SSSR count). The van der Waals surface area contributed by atoms with Crippen molar-refractivity contribution in [2.24, 2.45) is 4.99 Å². The monoisotopic (exact) mass is 295 g/mol. The highest BCUT2D eigenvalue weighted by atomic mass is 19.1. The second kappa shape index (κ2) is 7.31. The first kappa shape index (κ1) is 15.6. The number of aromatic nitrogens is 1. The van der Waals surface area contributed by atoms with E-state index in [2.05, 4.69) is 21.9 Å². The second-order valence-corrected chi connectivity index (χ2v) is 4.80. The van der Waals surface area contributed by atoms with Crippen molar-refractivity contribution in [2.45, 2.75) is 13.8 Å². The van der Waals surface area contributed by atoms with E-state index < -0.39 is 0 Å². The molecule has 0 spiro atoms. The molecule has 1 aromatic heterocycles. The molecule has 0 radical (unpaired) electrons. The van der Waals surface area contributed by atoms with Crippen LogP contribution in [0.15, 0.2) is 66.4 Å². The van der Waals surface area contributed by atoms with Gasteiger partial charge in [-0.25, -0.2) is 9.38 Å². The minimum absolute atomic E-state index is 0.255. The summed E-state index contributed by atoms with van der Waals surface area (Å²) in [5, 5.41) is 3.19. The standard InChI is InChI=1S/C18H18FN3/c1-4-5-18(17-7-6-15(19)12-13(17)2)22-14(3)21-16-8-10-20-11-9-16/h4-12H,1H2,2-3H3,(H,20,21,22)/b18-5-. The summed E-state index contributed by atoms with van der Waals surface area (Å²) in [5.41, 5.74) is 3.34. The molecule has 112 valence electrons. The van der Waals surface area contributed by atoms with Gasteiger partial charge in [0, 0.05) is 23.6 Å². The maximum atomic E-state index is 13.3. The van der Waals surface area contributed by atoms with Gasteiger partial charge in [0.25, 0.3) is 0 Å². The van der Waals surface area contributed by atoms with E-state index >= 15 is 0 Å². The van der Waals surface area contributed by atoms with Crippen LogP contribution in [0.5, 0.6) is 0 Å². The van der Waals surface area contributed by atoms with E-state index in [1.165, 1.54) is 12.1 Å². The Morgan fingerprint density at radius 3 is 2.64 bits per heavy atom. The van der Waals surface area contributed by atoms with E-state index in [1.807, 2.05) is 26.0 Å². The third-order valence-electron chi connectivity index (χ3n) is 3.03. The van der Waals surface area contributed by atoms with Crippen LogP contribution in [0.4, 0.5) is 10.1 Å². The SMILES string of the molecule is C=C/C=C(\N=C(C)Nc1ccncc1)c1ccc(F)cc1C. The molecule has 1 heterocycles. The highest BCUT2D eigenvalue weighted by Crippen LogP contribution is 2.21. The molecule has 0 aliphatic rings. The van der Waals surface area contributed by atoms with Crippen molar-refractivity contribution in [1.29, 1.82) is 0 Å². The van der Waals surface area contributed by atoms with Gasteiger partial charge in [-0.05, 0) is 55.8 Å². The molecule has 0 amide bonds. The highest BCUT2D eigenvalue weighted by Gasteiger charge is 2.06. The van der Waals surface area contributed by atoms with Gasteiger partial charge in [0.15, 0.2) is 0 Å².